The zero-order chi connectivity index (χ0) is 17.2. The van der Waals surface area contributed by atoms with Crippen LogP contribution in [0.2, 0.25) is 0 Å². The minimum absolute atomic E-state index is 0.113. The molecule has 0 aliphatic carbocycles. The number of nitrogens with one attached hydrogen (secondary N) is 1. The van der Waals surface area contributed by atoms with Crippen LogP contribution in [0.15, 0.2) is 66.7 Å². The minimum atomic E-state index is -0.641. The zero-order valence-corrected chi connectivity index (χ0v) is 13.9. The Hall–Kier alpha value is -3.01. The summed E-state index contributed by atoms with van der Waals surface area (Å²) < 4.78 is 11.4. The number of para-hydroxylation sites is 2. The van der Waals surface area contributed by atoms with Crippen molar-refractivity contribution in [3.63, 3.8) is 0 Å². The number of hydrogen-bond acceptors (Lipinski definition) is 3. The van der Waals surface area contributed by atoms with Crippen molar-refractivity contribution in [2.45, 2.75) is 19.1 Å². The van der Waals surface area contributed by atoms with E-state index in [2.05, 4.69) is 29.6 Å². The summed E-state index contributed by atoms with van der Waals surface area (Å²) in [7, 11) is 0. The summed E-state index contributed by atoms with van der Waals surface area (Å²) in [5.41, 5.74) is 1.06. The number of ether oxygens (including phenoxy) is 2. The summed E-state index contributed by atoms with van der Waals surface area (Å²) in [6.07, 6.45) is -0.641. The standard InChI is InChI=1S/C21H19NO3/c1-14(16-11-10-15-6-2-3-7-17(15)12-16)22-21(23)20-13-24-18-8-4-5-9-19(18)25-20/h2-12,14,20H,13H2,1H3,(H,22,23)/t14-,20+/m1/s1. The van der Waals surface area contributed by atoms with Crippen LogP contribution >= 0.6 is 0 Å². The third-order valence-electron chi connectivity index (χ3n) is 4.43. The molecule has 25 heavy (non-hydrogen) atoms. The van der Waals surface area contributed by atoms with Crippen LogP contribution in [0.4, 0.5) is 0 Å². The normalized spacial score (nSPS) is 17.1. The molecule has 4 heteroatoms. The molecule has 4 rings (SSSR count). The molecule has 2 atom stereocenters. The van der Waals surface area contributed by atoms with Crippen molar-refractivity contribution in [2.75, 3.05) is 6.61 Å². The molecule has 1 aliphatic rings. The first-order valence-corrected chi connectivity index (χ1v) is 8.38. The topological polar surface area (TPSA) is 47.6 Å². The minimum Gasteiger partial charge on any atom is -0.485 e. The predicted molar refractivity (Wildman–Crippen MR) is 96.9 cm³/mol. The van der Waals surface area contributed by atoms with E-state index in [0.717, 1.165) is 10.9 Å². The van der Waals surface area contributed by atoms with E-state index in [-0.39, 0.29) is 18.6 Å². The van der Waals surface area contributed by atoms with Crippen molar-refractivity contribution in [1.82, 2.24) is 5.32 Å². The van der Waals surface area contributed by atoms with Crippen molar-refractivity contribution in [3.8, 4) is 11.5 Å². The van der Waals surface area contributed by atoms with Crippen LogP contribution in [-0.4, -0.2) is 18.6 Å². The second kappa shape index (κ2) is 6.48. The molecule has 0 bridgehead atoms. The van der Waals surface area contributed by atoms with E-state index in [9.17, 15) is 4.79 Å². The van der Waals surface area contributed by atoms with Gasteiger partial charge >= 0.3 is 0 Å². The van der Waals surface area contributed by atoms with Gasteiger partial charge in [0.1, 0.15) is 6.61 Å². The third-order valence-corrected chi connectivity index (χ3v) is 4.43. The molecule has 1 amide bonds. The Balaban J connectivity index is 1.46. The SMILES string of the molecule is C[C@@H](NC(=O)[C@@H]1COc2ccccc2O1)c1ccc2ccccc2c1. The molecule has 4 nitrogen and oxygen atoms in total. The van der Waals surface area contributed by atoms with Crippen LogP contribution in [0.3, 0.4) is 0 Å². The summed E-state index contributed by atoms with van der Waals surface area (Å²) in [6, 6.07) is 21.7. The fraction of sp³-hybridized carbons (Fsp3) is 0.190. The fourth-order valence-corrected chi connectivity index (χ4v) is 3.02. The molecule has 0 unspecified atom stereocenters. The average molecular weight is 333 g/mol. The highest BCUT2D eigenvalue weighted by Gasteiger charge is 2.28. The molecule has 3 aromatic rings. The summed E-state index contributed by atoms with van der Waals surface area (Å²) >= 11 is 0. The van der Waals surface area contributed by atoms with E-state index in [1.807, 2.05) is 49.4 Å². The molecule has 0 fully saturated rings. The summed E-state index contributed by atoms with van der Waals surface area (Å²) in [5, 5.41) is 5.36. The smallest absolute Gasteiger partial charge is 0.265 e. The molecule has 3 aromatic carbocycles. The molecule has 1 aliphatic heterocycles. The highest BCUT2D eigenvalue weighted by molar-refractivity contribution is 5.84. The lowest BCUT2D eigenvalue weighted by molar-refractivity contribution is -0.131. The largest absolute Gasteiger partial charge is 0.485 e. The maximum atomic E-state index is 12.5. The monoisotopic (exact) mass is 333 g/mol. The number of hydrogen-bond donors (Lipinski definition) is 1. The molecule has 0 saturated heterocycles. The van der Waals surface area contributed by atoms with Gasteiger partial charge in [0.25, 0.3) is 5.91 Å². The van der Waals surface area contributed by atoms with Gasteiger partial charge < -0.3 is 14.8 Å². The van der Waals surface area contributed by atoms with Gasteiger partial charge in [-0.15, -0.1) is 0 Å². The number of carbonyl (C=O) groups is 1. The van der Waals surface area contributed by atoms with E-state index < -0.39 is 6.10 Å². The maximum Gasteiger partial charge on any atom is 0.265 e. The van der Waals surface area contributed by atoms with Crippen molar-refractivity contribution < 1.29 is 14.3 Å². The lowest BCUT2D eigenvalue weighted by Crippen LogP contribution is -2.44. The molecule has 0 radical (unpaired) electrons. The van der Waals surface area contributed by atoms with E-state index >= 15 is 0 Å². The second-order valence-electron chi connectivity index (χ2n) is 6.20. The van der Waals surface area contributed by atoms with Crippen molar-refractivity contribution >= 4 is 16.7 Å². The average Bonchev–Trinajstić information content (AvgIpc) is 2.67. The van der Waals surface area contributed by atoms with Gasteiger partial charge in [0.05, 0.1) is 6.04 Å². The van der Waals surface area contributed by atoms with Crippen LogP contribution in [0.5, 0.6) is 11.5 Å². The Morgan fingerprint density at radius 2 is 1.72 bits per heavy atom. The van der Waals surface area contributed by atoms with Gasteiger partial charge in [-0.05, 0) is 41.5 Å². The molecule has 126 valence electrons. The Morgan fingerprint density at radius 3 is 2.56 bits per heavy atom. The lowest BCUT2D eigenvalue weighted by atomic mass is 10.0. The second-order valence-corrected chi connectivity index (χ2v) is 6.20. The van der Waals surface area contributed by atoms with Gasteiger partial charge in [0, 0.05) is 0 Å². The first-order valence-electron chi connectivity index (χ1n) is 8.38. The Morgan fingerprint density at radius 1 is 1.00 bits per heavy atom. The van der Waals surface area contributed by atoms with Crippen LogP contribution in [0.25, 0.3) is 10.8 Å². The zero-order valence-electron chi connectivity index (χ0n) is 13.9. The fourth-order valence-electron chi connectivity index (χ4n) is 3.02. The van der Waals surface area contributed by atoms with E-state index in [1.54, 1.807) is 0 Å². The van der Waals surface area contributed by atoms with Crippen molar-refractivity contribution in [1.29, 1.82) is 0 Å². The van der Waals surface area contributed by atoms with Gasteiger partial charge in [-0.25, -0.2) is 0 Å². The predicted octanol–water partition coefficient (Wildman–Crippen LogP) is 3.86. The molecular weight excluding hydrogens is 314 g/mol. The molecular formula is C21H19NO3. The highest BCUT2D eigenvalue weighted by atomic mass is 16.6. The molecule has 1 heterocycles. The van der Waals surface area contributed by atoms with Gasteiger partial charge in [-0.3, -0.25) is 4.79 Å². The quantitative estimate of drug-likeness (QED) is 0.792. The summed E-state index contributed by atoms with van der Waals surface area (Å²) in [6.45, 7) is 2.19. The Bertz CT molecular complexity index is 922. The number of carbonyl (C=O) groups excluding carboxylic acids is 1. The Kier molecular flexibility index (Phi) is 4.02. The van der Waals surface area contributed by atoms with E-state index in [0.29, 0.717) is 11.5 Å². The van der Waals surface area contributed by atoms with E-state index in [1.165, 1.54) is 5.39 Å². The van der Waals surface area contributed by atoms with Gasteiger partial charge in [0.2, 0.25) is 6.10 Å². The van der Waals surface area contributed by atoms with Gasteiger partial charge in [0.15, 0.2) is 11.5 Å². The van der Waals surface area contributed by atoms with E-state index in [4.69, 9.17) is 9.47 Å². The van der Waals surface area contributed by atoms with Crippen molar-refractivity contribution in [3.05, 3.63) is 72.3 Å². The van der Waals surface area contributed by atoms with Gasteiger partial charge in [-0.2, -0.15) is 0 Å². The van der Waals surface area contributed by atoms with Crippen molar-refractivity contribution in [2.24, 2.45) is 0 Å². The Labute approximate surface area is 146 Å². The maximum absolute atomic E-state index is 12.5. The number of fused-ring (bicyclic) bond motifs is 2. The van der Waals surface area contributed by atoms with Crippen LogP contribution < -0.4 is 14.8 Å². The third kappa shape index (κ3) is 3.15. The lowest BCUT2D eigenvalue weighted by Gasteiger charge is -2.27. The molecule has 0 saturated carbocycles. The number of benzene rings is 3. The molecule has 0 aromatic heterocycles. The van der Waals surface area contributed by atoms with Crippen LogP contribution in [0.1, 0.15) is 18.5 Å². The highest BCUT2D eigenvalue weighted by Crippen LogP contribution is 2.31. The summed E-state index contributed by atoms with van der Waals surface area (Å²) in [5.74, 6) is 1.11. The van der Waals surface area contributed by atoms with Crippen LogP contribution in [0, 0.1) is 0 Å². The molecule has 0 spiro atoms. The first-order chi connectivity index (χ1) is 12.2. The first kappa shape index (κ1) is 15.5. The number of amides is 1. The number of rotatable bonds is 3. The summed E-state index contributed by atoms with van der Waals surface area (Å²) in [4.78, 5) is 12.5. The van der Waals surface area contributed by atoms with Gasteiger partial charge in [-0.1, -0.05) is 48.5 Å². The molecule has 1 N–H and O–H groups in total. The van der Waals surface area contributed by atoms with Crippen LogP contribution in [-0.2, 0) is 4.79 Å².